The second kappa shape index (κ2) is 8.82. The van der Waals surface area contributed by atoms with Crippen LogP contribution in [0, 0.1) is 0 Å². The lowest BCUT2D eigenvalue weighted by Gasteiger charge is -2.13. The molecule has 29 heavy (non-hydrogen) atoms. The molecular weight excluding hydrogens is 407 g/mol. The Morgan fingerprint density at radius 2 is 1.86 bits per heavy atom. The minimum atomic E-state index is -4.86. The van der Waals surface area contributed by atoms with Gasteiger partial charge in [-0.2, -0.15) is 0 Å². The van der Waals surface area contributed by atoms with Gasteiger partial charge < -0.3 is 20.1 Å². The van der Waals surface area contributed by atoms with Crippen molar-refractivity contribution in [1.29, 1.82) is 0 Å². The second-order valence-electron chi connectivity index (χ2n) is 5.62. The van der Waals surface area contributed by atoms with Crippen molar-refractivity contribution in [2.24, 2.45) is 0 Å². The van der Waals surface area contributed by atoms with Crippen LogP contribution in [-0.4, -0.2) is 23.9 Å². The average Bonchev–Trinajstić information content (AvgIpc) is 3.13. The number of alkyl halides is 3. The van der Waals surface area contributed by atoms with Gasteiger partial charge in [0.2, 0.25) is 0 Å². The number of rotatable bonds is 7. The SMILES string of the molecule is CCOc1ccc(Nc2nc(C(=O)Nc3ccccc3OC(F)(F)F)cs2)cc1. The Bertz CT molecular complexity index is 975. The predicted octanol–water partition coefficient (Wildman–Crippen LogP) is 5.44. The molecule has 0 atom stereocenters. The number of nitrogens with one attached hydrogen (secondary N) is 2. The highest BCUT2D eigenvalue weighted by Gasteiger charge is 2.32. The van der Waals surface area contributed by atoms with Crippen LogP contribution in [0.4, 0.5) is 29.7 Å². The molecule has 1 heterocycles. The lowest BCUT2D eigenvalue weighted by molar-refractivity contribution is -0.274. The van der Waals surface area contributed by atoms with Crippen molar-refractivity contribution in [2.75, 3.05) is 17.2 Å². The summed E-state index contributed by atoms with van der Waals surface area (Å²) in [6.45, 7) is 2.46. The number of carbonyl (C=O) groups excluding carboxylic acids is 1. The number of nitrogens with zero attached hydrogens (tertiary/aromatic N) is 1. The molecule has 0 saturated carbocycles. The zero-order chi connectivity index (χ0) is 20.9. The van der Waals surface area contributed by atoms with Crippen molar-refractivity contribution >= 4 is 33.8 Å². The number of anilines is 3. The van der Waals surface area contributed by atoms with E-state index in [1.807, 2.05) is 6.92 Å². The fourth-order valence-corrected chi connectivity index (χ4v) is 3.04. The van der Waals surface area contributed by atoms with E-state index in [0.717, 1.165) is 17.5 Å². The summed E-state index contributed by atoms with van der Waals surface area (Å²) in [5, 5.41) is 7.39. The van der Waals surface area contributed by atoms with E-state index in [1.54, 1.807) is 24.3 Å². The molecule has 0 saturated heterocycles. The highest BCUT2D eigenvalue weighted by Crippen LogP contribution is 2.30. The topological polar surface area (TPSA) is 72.5 Å². The molecule has 2 aromatic carbocycles. The van der Waals surface area contributed by atoms with Gasteiger partial charge in [-0.15, -0.1) is 24.5 Å². The Kier molecular flexibility index (Phi) is 6.23. The van der Waals surface area contributed by atoms with E-state index in [0.29, 0.717) is 11.7 Å². The maximum Gasteiger partial charge on any atom is 0.573 e. The monoisotopic (exact) mass is 423 g/mol. The lowest BCUT2D eigenvalue weighted by Crippen LogP contribution is -2.19. The number of hydrogen-bond acceptors (Lipinski definition) is 6. The van der Waals surface area contributed by atoms with Gasteiger partial charge in [-0.25, -0.2) is 4.98 Å². The van der Waals surface area contributed by atoms with Crippen LogP contribution in [0.3, 0.4) is 0 Å². The molecular formula is C19H16F3N3O3S. The summed E-state index contributed by atoms with van der Waals surface area (Å²) in [7, 11) is 0. The van der Waals surface area contributed by atoms with Gasteiger partial charge in [0, 0.05) is 11.1 Å². The first kappa shape index (κ1) is 20.5. The minimum absolute atomic E-state index is 0.0604. The van der Waals surface area contributed by atoms with Crippen LogP contribution in [0.25, 0.3) is 0 Å². The van der Waals surface area contributed by atoms with Crippen LogP contribution in [0.1, 0.15) is 17.4 Å². The fraction of sp³-hybridized carbons (Fsp3) is 0.158. The highest BCUT2D eigenvalue weighted by molar-refractivity contribution is 7.14. The third-order valence-corrected chi connectivity index (χ3v) is 4.27. The maximum atomic E-state index is 12.5. The van der Waals surface area contributed by atoms with Gasteiger partial charge >= 0.3 is 6.36 Å². The van der Waals surface area contributed by atoms with E-state index >= 15 is 0 Å². The summed E-state index contributed by atoms with van der Waals surface area (Å²) < 4.78 is 46.8. The van der Waals surface area contributed by atoms with Gasteiger partial charge in [-0.05, 0) is 43.3 Å². The normalized spacial score (nSPS) is 11.0. The number of benzene rings is 2. The molecule has 3 rings (SSSR count). The summed E-state index contributed by atoms with van der Waals surface area (Å²) in [5.74, 6) is -0.424. The van der Waals surface area contributed by atoms with Crippen molar-refractivity contribution in [3.63, 3.8) is 0 Å². The van der Waals surface area contributed by atoms with E-state index in [-0.39, 0.29) is 11.4 Å². The highest BCUT2D eigenvalue weighted by atomic mass is 32.1. The summed E-state index contributed by atoms with van der Waals surface area (Å²) >= 11 is 1.19. The van der Waals surface area contributed by atoms with Gasteiger partial charge in [-0.1, -0.05) is 12.1 Å². The molecule has 2 N–H and O–H groups in total. The molecule has 0 aliphatic rings. The number of thiazole rings is 1. The number of carbonyl (C=O) groups is 1. The third-order valence-electron chi connectivity index (χ3n) is 3.51. The summed E-state index contributed by atoms with van der Waals surface area (Å²) in [6, 6.07) is 12.5. The van der Waals surface area contributed by atoms with Crippen LogP contribution in [0.2, 0.25) is 0 Å². The van der Waals surface area contributed by atoms with Gasteiger partial charge in [0.05, 0.1) is 12.3 Å². The zero-order valence-corrected chi connectivity index (χ0v) is 15.9. The van der Waals surface area contributed by atoms with Gasteiger partial charge in [-0.3, -0.25) is 4.79 Å². The average molecular weight is 423 g/mol. The predicted molar refractivity (Wildman–Crippen MR) is 104 cm³/mol. The maximum absolute atomic E-state index is 12.5. The molecule has 0 aliphatic carbocycles. The van der Waals surface area contributed by atoms with Crippen LogP contribution < -0.4 is 20.1 Å². The summed E-state index contributed by atoms with van der Waals surface area (Å²) in [6.07, 6.45) is -4.86. The first-order valence-electron chi connectivity index (χ1n) is 8.45. The van der Waals surface area contributed by atoms with Gasteiger partial charge in [0.25, 0.3) is 5.91 Å². The molecule has 0 unspecified atom stereocenters. The van der Waals surface area contributed by atoms with E-state index < -0.39 is 18.0 Å². The standard InChI is InChI=1S/C19H16F3N3O3S/c1-2-27-13-9-7-12(8-10-13)23-18-25-15(11-29-18)17(26)24-14-5-3-4-6-16(14)28-19(20,21)22/h3-11H,2H2,1H3,(H,23,25)(H,24,26). The lowest BCUT2D eigenvalue weighted by atomic mass is 10.3. The van der Waals surface area contributed by atoms with Gasteiger partial charge in [0.1, 0.15) is 11.4 Å². The Morgan fingerprint density at radius 3 is 2.55 bits per heavy atom. The summed E-state index contributed by atoms with van der Waals surface area (Å²) in [4.78, 5) is 16.5. The Hall–Kier alpha value is -3.27. The van der Waals surface area contributed by atoms with Crippen molar-refractivity contribution in [2.45, 2.75) is 13.3 Å². The molecule has 152 valence electrons. The molecule has 3 aromatic rings. The largest absolute Gasteiger partial charge is 0.573 e. The Balaban J connectivity index is 1.67. The third kappa shape index (κ3) is 5.85. The van der Waals surface area contributed by atoms with E-state index in [1.165, 1.54) is 34.9 Å². The molecule has 0 fully saturated rings. The Labute approximate surface area is 168 Å². The van der Waals surface area contributed by atoms with Crippen LogP contribution in [-0.2, 0) is 0 Å². The number of halogens is 3. The van der Waals surface area contributed by atoms with Crippen molar-refractivity contribution in [3.05, 3.63) is 59.6 Å². The molecule has 0 spiro atoms. The van der Waals surface area contributed by atoms with Crippen molar-refractivity contribution in [3.8, 4) is 11.5 Å². The molecule has 1 amide bonds. The molecule has 10 heteroatoms. The van der Waals surface area contributed by atoms with Crippen LogP contribution in [0.5, 0.6) is 11.5 Å². The number of amides is 1. The molecule has 0 aliphatic heterocycles. The Morgan fingerprint density at radius 1 is 1.14 bits per heavy atom. The molecule has 0 radical (unpaired) electrons. The number of hydrogen-bond donors (Lipinski definition) is 2. The number of para-hydroxylation sites is 2. The van der Waals surface area contributed by atoms with Crippen molar-refractivity contribution in [1.82, 2.24) is 4.98 Å². The van der Waals surface area contributed by atoms with E-state index in [2.05, 4.69) is 20.4 Å². The molecule has 0 bridgehead atoms. The number of aromatic nitrogens is 1. The number of ether oxygens (including phenoxy) is 2. The van der Waals surface area contributed by atoms with Gasteiger partial charge in [0.15, 0.2) is 10.9 Å². The minimum Gasteiger partial charge on any atom is -0.494 e. The summed E-state index contributed by atoms with van der Waals surface area (Å²) in [5.41, 5.74) is 0.702. The zero-order valence-electron chi connectivity index (χ0n) is 15.1. The second-order valence-corrected chi connectivity index (χ2v) is 6.48. The smallest absolute Gasteiger partial charge is 0.494 e. The van der Waals surface area contributed by atoms with Crippen LogP contribution >= 0.6 is 11.3 Å². The molecule has 1 aromatic heterocycles. The van der Waals surface area contributed by atoms with Crippen LogP contribution in [0.15, 0.2) is 53.9 Å². The first-order chi connectivity index (χ1) is 13.8. The van der Waals surface area contributed by atoms with E-state index in [9.17, 15) is 18.0 Å². The van der Waals surface area contributed by atoms with Crippen molar-refractivity contribution < 1.29 is 27.4 Å². The van der Waals surface area contributed by atoms with E-state index in [4.69, 9.17) is 4.74 Å². The quantitative estimate of drug-likeness (QED) is 0.530. The fourth-order valence-electron chi connectivity index (χ4n) is 2.33. The molecule has 6 nitrogen and oxygen atoms in total. The first-order valence-corrected chi connectivity index (χ1v) is 9.33.